The monoisotopic (exact) mass is 483 g/mol. The minimum Gasteiger partial charge on any atom is -0.383 e. The van der Waals surface area contributed by atoms with Gasteiger partial charge < -0.3 is 30.2 Å². The summed E-state index contributed by atoms with van der Waals surface area (Å²) in [6.45, 7) is 6.03. The maximum atomic E-state index is 12.4. The number of ketones is 1. The van der Waals surface area contributed by atoms with E-state index < -0.39 is 0 Å². The molecule has 3 N–H and O–H groups in total. The highest BCUT2D eigenvalue weighted by molar-refractivity contribution is 5.80. The maximum absolute atomic E-state index is 12.4. The molecule has 9 heteroatoms. The quantitative estimate of drug-likeness (QED) is 0.255. The van der Waals surface area contributed by atoms with Crippen molar-refractivity contribution in [3.8, 4) is 0 Å². The van der Waals surface area contributed by atoms with E-state index in [-0.39, 0.29) is 34.7 Å². The molecular weight excluding hydrogens is 438 g/mol. The minimum atomic E-state index is -0.265. The molecular formula is C25H45N3O6. The van der Waals surface area contributed by atoms with Crippen LogP contribution in [0.25, 0.3) is 0 Å². The summed E-state index contributed by atoms with van der Waals surface area (Å²) in [7, 11) is 1.63. The van der Waals surface area contributed by atoms with Crippen LogP contribution in [0.1, 0.15) is 78.1 Å². The molecule has 2 saturated carbocycles. The summed E-state index contributed by atoms with van der Waals surface area (Å²) in [5.41, 5.74) is -0.438. The third-order valence-corrected chi connectivity index (χ3v) is 6.95. The molecule has 0 aromatic heterocycles. The van der Waals surface area contributed by atoms with Crippen LogP contribution in [0.4, 0.5) is 0 Å². The zero-order valence-corrected chi connectivity index (χ0v) is 21.3. The van der Waals surface area contributed by atoms with Crippen LogP contribution in [0, 0.1) is 0 Å². The summed E-state index contributed by atoms with van der Waals surface area (Å²) in [5, 5.41) is 9.39. The van der Waals surface area contributed by atoms with Gasteiger partial charge in [-0.1, -0.05) is 19.8 Å². The summed E-state index contributed by atoms with van der Waals surface area (Å²) < 4.78 is 16.7. The molecule has 2 rings (SSSR count). The van der Waals surface area contributed by atoms with Crippen molar-refractivity contribution < 1.29 is 28.6 Å². The molecule has 0 spiro atoms. The van der Waals surface area contributed by atoms with Crippen molar-refractivity contribution in [2.75, 3.05) is 46.7 Å². The van der Waals surface area contributed by atoms with E-state index >= 15 is 0 Å². The van der Waals surface area contributed by atoms with Crippen LogP contribution in [0.5, 0.6) is 0 Å². The predicted octanol–water partition coefficient (Wildman–Crippen LogP) is 1.87. The first-order valence-corrected chi connectivity index (χ1v) is 12.8. The number of Topliss-reactive ketones (excluding diaryl/α,β-unsaturated/α-hetero) is 1. The fourth-order valence-corrected chi connectivity index (χ4v) is 4.73. The molecule has 9 nitrogen and oxygen atoms in total. The number of ether oxygens (including phenoxy) is 3. The van der Waals surface area contributed by atoms with Crippen LogP contribution < -0.4 is 16.0 Å². The average Bonchev–Trinajstić information content (AvgIpc) is 3.22. The van der Waals surface area contributed by atoms with Gasteiger partial charge in [0, 0.05) is 32.4 Å². The van der Waals surface area contributed by atoms with E-state index in [2.05, 4.69) is 16.0 Å². The lowest BCUT2D eigenvalue weighted by molar-refractivity contribution is -0.124. The second-order valence-corrected chi connectivity index (χ2v) is 9.93. The van der Waals surface area contributed by atoms with E-state index in [1.165, 1.54) is 6.92 Å². The van der Waals surface area contributed by atoms with Gasteiger partial charge in [-0.25, -0.2) is 0 Å². The number of hydrogen-bond acceptors (Lipinski definition) is 7. The average molecular weight is 484 g/mol. The smallest absolute Gasteiger partial charge is 0.222 e. The van der Waals surface area contributed by atoms with E-state index in [0.29, 0.717) is 52.4 Å². The highest BCUT2D eigenvalue weighted by Gasteiger charge is 2.37. The molecule has 1 atom stereocenters. The minimum absolute atomic E-state index is 0.0289. The van der Waals surface area contributed by atoms with Crippen molar-refractivity contribution in [3.63, 3.8) is 0 Å². The van der Waals surface area contributed by atoms with Gasteiger partial charge in [0.2, 0.25) is 11.8 Å². The van der Waals surface area contributed by atoms with E-state index in [4.69, 9.17) is 14.2 Å². The molecule has 2 aliphatic carbocycles. The predicted molar refractivity (Wildman–Crippen MR) is 130 cm³/mol. The molecule has 196 valence electrons. The van der Waals surface area contributed by atoms with Crippen molar-refractivity contribution in [2.45, 2.75) is 95.2 Å². The van der Waals surface area contributed by atoms with Crippen LogP contribution >= 0.6 is 0 Å². The Morgan fingerprint density at radius 1 is 0.912 bits per heavy atom. The Kier molecular flexibility index (Phi) is 12.5. The first-order valence-electron chi connectivity index (χ1n) is 12.8. The Balaban J connectivity index is 1.59. The Morgan fingerprint density at radius 3 is 2.09 bits per heavy atom. The van der Waals surface area contributed by atoms with Crippen LogP contribution in [-0.2, 0) is 28.6 Å². The molecule has 0 aliphatic heterocycles. The Bertz CT molecular complexity index is 647. The molecule has 2 aliphatic rings. The van der Waals surface area contributed by atoms with Gasteiger partial charge in [0.05, 0.1) is 51.2 Å². The lowest BCUT2D eigenvalue weighted by atomic mass is 9.77. The van der Waals surface area contributed by atoms with Gasteiger partial charge in [0.1, 0.15) is 5.78 Å². The van der Waals surface area contributed by atoms with Crippen LogP contribution in [0.15, 0.2) is 0 Å². The zero-order valence-electron chi connectivity index (χ0n) is 21.3. The van der Waals surface area contributed by atoms with Crippen LogP contribution in [0.3, 0.4) is 0 Å². The Labute approximate surface area is 204 Å². The highest BCUT2D eigenvalue weighted by Crippen LogP contribution is 2.32. The molecule has 34 heavy (non-hydrogen) atoms. The highest BCUT2D eigenvalue weighted by atomic mass is 16.5. The summed E-state index contributed by atoms with van der Waals surface area (Å²) in [4.78, 5) is 35.9. The number of hydrogen-bond donors (Lipinski definition) is 3. The van der Waals surface area contributed by atoms with E-state index in [1.807, 2.05) is 6.92 Å². The standard InChI is InChI=1S/C25H45N3O6/c1-4-21(17-32-3)27-23(31)9-15-34-18-24(12-7-13-24)26-16-22(30)8-14-33-19-25(28-20(2)29)10-5-6-11-25/h21,26H,4-19H2,1-3H3,(H,27,31)(H,28,29). The van der Waals surface area contributed by atoms with Gasteiger partial charge in [-0.15, -0.1) is 0 Å². The Hall–Kier alpha value is -1.55. The molecule has 0 radical (unpaired) electrons. The van der Waals surface area contributed by atoms with E-state index in [0.717, 1.165) is 51.4 Å². The summed E-state index contributed by atoms with van der Waals surface area (Å²) in [5.74, 6) is 0.0395. The number of carbonyl (C=O) groups is 3. The van der Waals surface area contributed by atoms with E-state index in [9.17, 15) is 14.4 Å². The summed E-state index contributed by atoms with van der Waals surface area (Å²) in [6, 6.07) is 0.0289. The largest absolute Gasteiger partial charge is 0.383 e. The van der Waals surface area contributed by atoms with E-state index in [1.54, 1.807) is 7.11 Å². The first-order chi connectivity index (χ1) is 16.3. The topological polar surface area (TPSA) is 115 Å². The van der Waals surface area contributed by atoms with Gasteiger partial charge in [-0.05, 0) is 38.5 Å². The number of carbonyl (C=O) groups excluding carboxylic acids is 3. The van der Waals surface area contributed by atoms with Crippen LogP contribution in [-0.4, -0.2) is 81.4 Å². The number of methoxy groups -OCH3 is 1. The third kappa shape index (κ3) is 9.98. The second-order valence-electron chi connectivity index (χ2n) is 9.93. The molecule has 0 aromatic rings. The lowest BCUT2D eigenvalue weighted by Gasteiger charge is -2.42. The fourth-order valence-electron chi connectivity index (χ4n) is 4.73. The van der Waals surface area contributed by atoms with Crippen molar-refractivity contribution in [1.29, 1.82) is 0 Å². The van der Waals surface area contributed by atoms with Crippen molar-refractivity contribution in [1.82, 2.24) is 16.0 Å². The normalized spacial score (nSPS) is 19.3. The first kappa shape index (κ1) is 28.7. The van der Waals surface area contributed by atoms with Crippen LogP contribution in [0.2, 0.25) is 0 Å². The molecule has 2 amide bonds. The zero-order chi connectivity index (χ0) is 24.9. The third-order valence-electron chi connectivity index (χ3n) is 6.95. The van der Waals surface area contributed by atoms with Gasteiger partial charge in [0.25, 0.3) is 0 Å². The van der Waals surface area contributed by atoms with Gasteiger partial charge in [0.15, 0.2) is 0 Å². The summed E-state index contributed by atoms with van der Waals surface area (Å²) in [6.07, 6.45) is 8.56. The molecule has 0 saturated heterocycles. The Morgan fingerprint density at radius 2 is 1.53 bits per heavy atom. The molecule has 0 heterocycles. The molecule has 0 aromatic carbocycles. The van der Waals surface area contributed by atoms with Gasteiger partial charge in [-0.2, -0.15) is 0 Å². The SMILES string of the molecule is CCC(COC)NC(=O)CCOCC1(NCC(=O)CCOCC2(NC(C)=O)CCCC2)CCC1. The van der Waals surface area contributed by atoms with Crippen molar-refractivity contribution in [3.05, 3.63) is 0 Å². The summed E-state index contributed by atoms with van der Waals surface area (Å²) >= 11 is 0. The van der Waals surface area contributed by atoms with Gasteiger partial charge in [-0.3, -0.25) is 14.4 Å². The van der Waals surface area contributed by atoms with Gasteiger partial charge >= 0.3 is 0 Å². The number of rotatable bonds is 18. The maximum Gasteiger partial charge on any atom is 0.222 e. The van der Waals surface area contributed by atoms with Crippen molar-refractivity contribution in [2.24, 2.45) is 0 Å². The second kappa shape index (κ2) is 14.8. The number of nitrogens with one attached hydrogen (secondary N) is 3. The molecule has 0 bridgehead atoms. The molecule has 1 unspecified atom stereocenters. The van der Waals surface area contributed by atoms with Crippen molar-refractivity contribution >= 4 is 17.6 Å². The lowest BCUT2D eigenvalue weighted by Crippen LogP contribution is -2.56. The number of amides is 2. The fraction of sp³-hybridized carbons (Fsp3) is 0.880. The molecule has 2 fully saturated rings.